The second-order valence-corrected chi connectivity index (χ2v) is 11.6. The van der Waals surface area contributed by atoms with Crippen LogP contribution in [-0.2, 0) is 13.0 Å². The Hall–Kier alpha value is -6.20. The summed E-state index contributed by atoms with van der Waals surface area (Å²) in [5, 5.41) is 5.97. The molecule has 2 aromatic heterocycles. The van der Waals surface area contributed by atoms with Gasteiger partial charge in [-0.3, -0.25) is 19.3 Å². The van der Waals surface area contributed by atoms with Crippen molar-refractivity contribution in [2.75, 3.05) is 37.9 Å². The minimum atomic E-state index is -0.703. The monoisotopic (exact) mass is 671 g/mol. The average Bonchev–Trinajstić information content (AvgIpc) is 3.69. The van der Waals surface area contributed by atoms with Crippen molar-refractivity contribution >= 4 is 34.2 Å². The van der Waals surface area contributed by atoms with Gasteiger partial charge in [0.05, 0.1) is 37.2 Å². The molecular formula is C39H37N5O6. The van der Waals surface area contributed by atoms with Crippen LogP contribution >= 0.6 is 0 Å². The van der Waals surface area contributed by atoms with Crippen LogP contribution in [0, 0.1) is 0 Å². The van der Waals surface area contributed by atoms with Gasteiger partial charge in [-0.2, -0.15) is 0 Å². The van der Waals surface area contributed by atoms with Crippen molar-refractivity contribution in [3.8, 4) is 17.2 Å². The van der Waals surface area contributed by atoms with Crippen molar-refractivity contribution in [2.45, 2.75) is 19.9 Å². The molecule has 0 saturated carbocycles. The zero-order valence-corrected chi connectivity index (χ0v) is 28.0. The molecule has 2 N–H and O–H groups in total. The largest absolute Gasteiger partial charge is 0.493 e. The van der Waals surface area contributed by atoms with Crippen molar-refractivity contribution in [1.29, 1.82) is 0 Å². The van der Waals surface area contributed by atoms with Gasteiger partial charge in [0.1, 0.15) is 5.58 Å². The van der Waals surface area contributed by atoms with E-state index < -0.39 is 11.8 Å². The zero-order valence-electron chi connectivity index (χ0n) is 28.0. The lowest BCUT2D eigenvalue weighted by Crippen LogP contribution is -2.25. The number of anilines is 2. The van der Waals surface area contributed by atoms with Crippen molar-refractivity contribution in [3.05, 3.63) is 142 Å². The maximum Gasteiger partial charge on any atom is 0.291 e. The lowest BCUT2D eigenvalue weighted by molar-refractivity contribution is 0.0997. The van der Waals surface area contributed by atoms with E-state index in [0.717, 1.165) is 43.4 Å². The first-order valence-corrected chi connectivity index (χ1v) is 16.2. The molecule has 0 unspecified atom stereocenters. The number of para-hydroxylation sites is 1. The predicted octanol–water partition coefficient (Wildman–Crippen LogP) is 6.57. The van der Waals surface area contributed by atoms with Crippen molar-refractivity contribution < 1.29 is 23.5 Å². The van der Waals surface area contributed by atoms with Gasteiger partial charge in [0.2, 0.25) is 0 Å². The summed E-state index contributed by atoms with van der Waals surface area (Å²) in [7, 11) is 2.91. The van der Waals surface area contributed by atoms with Gasteiger partial charge in [0.25, 0.3) is 11.8 Å². The third-order valence-electron chi connectivity index (χ3n) is 8.37. The highest BCUT2D eigenvalue weighted by Crippen LogP contribution is 2.34. The number of benzene rings is 4. The number of carbonyl (C=O) groups excluding carboxylic acids is 2. The lowest BCUT2D eigenvalue weighted by atomic mass is 10.1. The number of ether oxygens (including phenoxy) is 2. The Labute approximate surface area is 289 Å². The molecule has 2 amide bonds. The summed E-state index contributed by atoms with van der Waals surface area (Å²) in [6.45, 7) is 4.75. The first-order chi connectivity index (χ1) is 24.3. The predicted molar refractivity (Wildman–Crippen MR) is 193 cm³/mol. The van der Waals surface area contributed by atoms with Gasteiger partial charge in [-0.05, 0) is 66.6 Å². The van der Waals surface area contributed by atoms with Gasteiger partial charge in [-0.15, -0.1) is 0 Å². The van der Waals surface area contributed by atoms with E-state index >= 15 is 0 Å². The molecule has 0 spiro atoms. The van der Waals surface area contributed by atoms with Crippen molar-refractivity contribution in [2.24, 2.45) is 0 Å². The molecule has 50 heavy (non-hydrogen) atoms. The number of nitrogens with one attached hydrogen (secondary N) is 2. The number of nitrogens with zero attached hydrogens (tertiary/aromatic N) is 3. The van der Waals surface area contributed by atoms with Crippen LogP contribution in [0.5, 0.6) is 11.5 Å². The number of fused-ring (bicyclic) bond motifs is 1. The van der Waals surface area contributed by atoms with E-state index in [0.29, 0.717) is 22.6 Å². The summed E-state index contributed by atoms with van der Waals surface area (Å²) in [6.07, 6.45) is 6.33. The Balaban J connectivity index is 1.13. The van der Waals surface area contributed by atoms with Crippen LogP contribution in [-0.4, -0.2) is 53.6 Å². The van der Waals surface area contributed by atoms with Gasteiger partial charge in [-0.25, -0.2) is 4.98 Å². The maximum atomic E-state index is 13.6. The molecule has 4 aromatic carbocycles. The molecule has 0 atom stereocenters. The highest BCUT2D eigenvalue weighted by atomic mass is 16.5. The molecule has 6 aromatic rings. The van der Waals surface area contributed by atoms with Crippen LogP contribution < -0.4 is 25.5 Å². The summed E-state index contributed by atoms with van der Waals surface area (Å²) >= 11 is 0. The third kappa shape index (κ3) is 7.74. The molecule has 0 aliphatic carbocycles. The fraction of sp³-hybridized carbons (Fsp3) is 0.179. The Morgan fingerprint density at radius 3 is 2.38 bits per heavy atom. The number of carbonyl (C=O) groups is 2. The number of aromatic nitrogens is 2. The van der Waals surface area contributed by atoms with E-state index in [9.17, 15) is 14.4 Å². The van der Waals surface area contributed by atoms with Gasteiger partial charge in [0.15, 0.2) is 22.7 Å². The van der Waals surface area contributed by atoms with E-state index in [1.807, 2.05) is 35.0 Å². The summed E-state index contributed by atoms with van der Waals surface area (Å²) in [5.41, 5.74) is 4.20. The first-order valence-electron chi connectivity index (χ1n) is 16.2. The third-order valence-corrected chi connectivity index (χ3v) is 8.37. The number of methoxy groups -OCH3 is 2. The number of amides is 2. The fourth-order valence-electron chi connectivity index (χ4n) is 5.64. The Morgan fingerprint density at radius 2 is 1.64 bits per heavy atom. The molecule has 0 radical (unpaired) electrons. The molecule has 254 valence electrons. The van der Waals surface area contributed by atoms with Crippen molar-refractivity contribution in [3.63, 3.8) is 0 Å². The van der Waals surface area contributed by atoms with E-state index in [1.165, 1.54) is 31.9 Å². The lowest BCUT2D eigenvalue weighted by Gasteiger charge is -2.21. The number of hydrogen-bond donors (Lipinski definition) is 2. The van der Waals surface area contributed by atoms with E-state index in [4.69, 9.17) is 13.9 Å². The van der Waals surface area contributed by atoms with Crippen LogP contribution in [0.25, 0.3) is 16.7 Å². The summed E-state index contributed by atoms with van der Waals surface area (Å²) in [5.74, 6) is -0.780. The molecule has 0 aliphatic rings. The fourth-order valence-corrected chi connectivity index (χ4v) is 5.64. The topological polar surface area (TPSA) is 128 Å². The van der Waals surface area contributed by atoms with Gasteiger partial charge in [0, 0.05) is 49.0 Å². The van der Waals surface area contributed by atoms with Crippen molar-refractivity contribution in [1.82, 2.24) is 14.5 Å². The molecule has 6 rings (SSSR count). The van der Waals surface area contributed by atoms with E-state index in [2.05, 4.69) is 51.7 Å². The normalized spacial score (nSPS) is 11.0. The zero-order chi connectivity index (χ0) is 35.0. The smallest absolute Gasteiger partial charge is 0.291 e. The maximum absolute atomic E-state index is 13.6. The van der Waals surface area contributed by atoms with E-state index in [-0.39, 0.29) is 28.0 Å². The quantitative estimate of drug-likeness (QED) is 0.141. The van der Waals surface area contributed by atoms with Crippen LogP contribution in [0.4, 0.5) is 11.4 Å². The average molecular weight is 672 g/mol. The second kappa shape index (κ2) is 15.3. The molecular weight excluding hydrogens is 634 g/mol. The Bertz CT molecular complexity index is 2180. The van der Waals surface area contributed by atoms with E-state index in [1.54, 1.807) is 36.8 Å². The molecule has 11 nitrogen and oxygen atoms in total. The first kappa shape index (κ1) is 33.7. The number of likely N-dealkylation sites (N-methyl/N-ethyl adjacent to an activating group) is 1. The van der Waals surface area contributed by atoms with Crippen LogP contribution in [0.3, 0.4) is 0 Å². The summed E-state index contributed by atoms with van der Waals surface area (Å²) < 4.78 is 18.5. The molecule has 0 saturated heterocycles. The number of imidazole rings is 1. The summed E-state index contributed by atoms with van der Waals surface area (Å²) in [4.78, 5) is 46.0. The van der Waals surface area contributed by atoms with Gasteiger partial charge < -0.3 is 29.1 Å². The highest BCUT2D eigenvalue weighted by Gasteiger charge is 2.21. The standard InChI is InChI=1S/C39H37N5O6/c1-4-43(24-27-8-7-9-29(20-27)44-19-17-40-25-44)18-16-26-12-14-28(15-13-26)41-38(46)31-21-35(48-2)36(49-3)22-32(31)42-39(47)37-23-33(45)30-10-5-6-11-34(30)50-37/h5-15,17,19-23,25H,4,16,18,24H2,1-3H3,(H,41,46)(H,42,47). The molecule has 11 heteroatoms. The molecule has 0 fully saturated rings. The van der Waals surface area contributed by atoms with Gasteiger partial charge >= 0.3 is 0 Å². The molecule has 0 aliphatic heterocycles. The minimum absolute atomic E-state index is 0.124. The highest BCUT2D eigenvalue weighted by molar-refractivity contribution is 6.12. The Kier molecular flexibility index (Phi) is 10.3. The minimum Gasteiger partial charge on any atom is -0.493 e. The second-order valence-electron chi connectivity index (χ2n) is 11.6. The SMILES string of the molecule is CCN(CCc1ccc(NC(=O)c2cc(OC)c(OC)cc2NC(=O)c2cc(=O)c3ccccc3o2)cc1)Cc1cccc(-n2ccnc2)c1. The van der Waals surface area contributed by atoms with Crippen LogP contribution in [0.1, 0.15) is 39.0 Å². The Morgan fingerprint density at radius 1 is 0.860 bits per heavy atom. The number of hydrogen-bond acceptors (Lipinski definition) is 8. The molecule has 2 heterocycles. The summed E-state index contributed by atoms with van der Waals surface area (Å²) in [6, 6.07) is 26.9. The van der Waals surface area contributed by atoms with Gasteiger partial charge in [-0.1, -0.05) is 43.3 Å². The van der Waals surface area contributed by atoms with Crippen LogP contribution in [0.2, 0.25) is 0 Å². The number of rotatable bonds is 13. The molecule has 0 bridgehead atoms. The van der Waals surface area contributed by atoms with Crippen LogP contribution in [0.15, 0.2) is 119 Å².